The molecule has 0 bridgehead atoms. The average molecular weight is 275 g/mol. The second-order valence-electron chi connectivity index (χ2n) is 4.22. The Kier molecular flexibility index (Phi) is 2.73. The van der Waals surface area contributed by atoms with Crippen molar-refractivity contribution in [3.63, 3.8) is 0 Å². The van der Waals surface area contributed by atoms with Gasteiger partial charge >= 0.3 is 0 Å². The predicted molar refractivity (Wildman–Crippen MR) is 79.2 cm³/mol. The van der Waals surface area contributed by atoms with E-state index in [0.29, 0.717) is 10.7 Å². The fraction of sp³-hybridized carbons (Fsp3) is 0.0714. The topological polar surface area (TPSA) is 38.9 Å². The smallest absolute Gasteiger partial charge is 0.126 e. The van der Waals surface area contributed by atoms with Crippen molar-refractivity contribution in [2.24, 2.45) is 0 Å². The molecular weight excluding hydrogens is 264 g/mol. The number of aromatic nitrogens is 1. The highest BCUT2D eigenvalue weighted by molar-refractivity contribution is 7.21. The minimum atomic E-state index is 0.646. The number of anilines is 1. The summed E-state index contributed by atoms with van der Waals surface area (Å²) in [5, 5.41) is 1.58. The third-order valence-corrected chi connectivity index (χ3v) is 4.09. The first kappa shape index (κ1) is 11.5. The van der Waals surface area contributed by atoms with Crippen LogP contribution in [0.1, 0.15) is 5.56 Å². The number of nitrogens with two attached hydrogens (primary N) is 1. The van der Waals surface area contributed by atoms with E-state index in [1.807, 2.05) is 12.1 Å². The molecule has 0 atom stereocenters. The molecule has 2 N–H and O–H groups in total. The Hall–Kier alpha value is -1.58. The Morgan fingerprint density at radius 3 is 2.78 bits per heavy atom. The number of aryl methyl sites for hydroxylation is 1. The molecule has 0 aliphatic heterocycles. The number of hydrogen-bond acceptors (Lipinski definition) is 3. The van der Waals surface area contributed by atoms with Crippen molar-refractivity contribution in [1.29, 1.82) is 0 Å². The van der Waals surface area contributed by atoms with Crippen molar-refractivity contribution in [3.8, 4) is 10.6 Å². The van der Waals surface area contributed by atoms with Crippen LogP contribution in [0.5, 0.6) is 0 Å². The van der Waals surface area contributed by atoms with Gasteiger partial charge in [-0.1, -0.05) is 17.7 Å². The largest absolute Gasteiger partial charge is 0.398 e. The van der Waals surface area contributed by atoms with Crippen molar-refractivity contribution in [2.45, 2.75) is 6.92 Å². The van der Waals surface area contributed by atoms with Gasteiger partial charge in [-0.2, -0.15) is 0 Å². The Morgan fingerprint density at radius 2 is 2.00 bits per heavy atom. The molecule has 0 saturated heterocycles. The summed E-state index contributed by atoms with van der Waals surface area (Å²) in [5.41, 5.74) is 9.82. The lowest BCUT2D eigenvalue weighted by atomic mass is 10.2. The maximum Gasteiger partial charge on any atom is 0.126 e. The van der Waals surface area contributed by atoms with E-state index in [1.165, 1.54) is 10.3 Å². The van der Waals surface area contributed by atoms with E-state index in [-0.39, 0.29) is 0 Å². The number of rotatable bonds is 1. The number of hydrogen-bond donors (Lipinski definition) is 1. The summed E-state index contributed by atoms with van der Waals surface area (Å²) >= 11 is 7.55. The molecule has 0 amide bonds. The molecule has 1 heterocycles. The molecule has 2 nitrogen and oxygen atoms in total. The van der Waals surface area contributed by atoms with Crippen LogP contribution in [-0.2, 0) is 0 Å². The third-order valence-electron chi connectivity index (χ3n) is 2.79. The minimum absolute atomic E-state index is 0.646. The number of fused-ring (bicyclic) bond motifs is 1. The van der Waals surface area contributed by atoms with Crippen LogP contribution < -0.4 is 5.73 Å². The van der Waals surface area contributed by atoms with E-state index in [2.05, 4.69) is 30.1 Å². The molecule has 0 saturated carbocycles. The maximum absolute atomic E-state index is 5.99. The fourth-order valence-electron chi connectivity index (χ4n) is 1.88. The van der Waals surface area contributed by atoms with E-state index in [1.54, 1.807) is 17.4 Å². The Bertz CT molecular complexity index is 734. The van der Waals surface area contributed by atoms with E-state index < -0.39 is 0 Å². The first-order valence-corrected chi connectivity index (χ1v) is 6.75. The first-order valence-electron chi connectivity index (χ1n) is 5.56. The van der Waals surface area contributed by atoms with Crippen molar-refractivity contribution in [2.75, 3.05) is 5.73 Å². The Balaban J connectivity index is 2.19. The van der Waals surface area contributed by atoms with Crippen LogP contribution in [0.4, 0.5) is 5.69 Å². The zero-order chi connectivity index (χ0) is 12.7. The van der Waals surface area contributed by atoms with E-state index >= 15 is 0 Å². The summed E-state index contributed by atoms with van der Waals surface area (Å²) in [7, 11) is 0. The van der Waals surface area contributed by atoms with Gasteiger partial charge in [-0.25, -0.2) is 4.98 Å². The molecule has 90 valence electrons. The van der Waals surface area contributed by atoms with Gasteiger partial charge in [0, 0.05) is 16.3 Å². The second kappa shape index (κ2) is 4.26. The second-order valence-corrected chi connectivity index (χ2v) is 5.69. The van der Waals surface area contributed by atoms with Gasteiger partial charge in [-0.15, -0.1) is 11.3 Å². The molecule has 0 unspecified atom stereocenters. The van der Waals surface area contributed by atoms with Gasteiger partial charge in [0.2, 0.25) is 0 Å². The van der Waals surface area contributed by atoms with Gasteiger partial charge in [0.05, 0.1) is 10.2 Å². The molecule has 3 aromatic rings. The predicted octanol–water partition coefficient (Wildman–Crippen LogP) is 4.51. The monoisotopic (exact) mass is 274 g/mol. The zero-order valence-electron chi connectivity index (χ0n) is 9.77. The molecule has 4 heteroatoms. The molecule has 3 rings (SSSR count). The van der Waals surface area contributed by atoms with Gasteiger partial charge in [0.15, 0.2) is 0 Å². The van der Waals surface area contributed by atoms with Crippen molar-refractivity contribution in [3.05, 3.63) is 47.0 Å². The van der Waals surface area contributed by atoms with Crippen molar-refractivity contribution < 1.29 is 0 Å². The highest BCUT2D eigenvalue weighted by atomic mass is 35.5. The first-order chi connectivity index (χ1) is 8.63. The quantitative estimate of drug-likeness (QED) is 0.663. The summed E-state index contributed by atoms with van der Waals surface area (Å²) in [5.74, 6) is 0. The molecule has 0 spiro atoms. The third kappa shape index (κ3) is 1.96. The number of nitrogens with zero attached hydrogens (tertiary/aromatic N) is 1. The van der Waals surface area contributed by atoms with Crippen LogP contribution in [-0.4, -0.2) is 4.98 Å². The molecular formula is C14H11ClN2S. The summed E-state index contributed by atoms with van der Waals surface area (Å²) in [4.78, 5) is 4.63. The van der Waals surface area contributed by atoms with Crippen molar-refractivity contribution >= 4 is 38.8 Å². The Labute approximate surface area is 114 Å². The lowest BCUT2D eigenvalue weighted by molar-refractivity contribution is 1.44. The number of nitrogen functional groups attached to an aromatic ring is 1. The summed E-state index contributed by atoms with van der Waals surface area (Å²) in [6.45, 7) is 2.06. The van der Waals surface area contributed by atoms with Crippen LogP contribution in [0, 0.1) is 6.92 Å². The van der Waals surface area contributed by atoms with Gasteiger partial charge < -0.3 is 5.73 Å². The zero-order valence-corrected chi connectivity index (χ0v) is 11.3. The normalized spacial score (nSPS) is 11.0. The van der Waals surface area contributed by atoms with E-state index in [4.69, 9.17) is 17.3 Å². The standard InChI is InChI=1S/C14H11ClN2S/c1-8-2-5-13-12(6-8)17-14(18-13)10-4-3-9(15)7-11(10)16/h2-7H,16H2,1H3. The number of thiazole rings is 1. The summed E-state index contributed by atoms with van der Waals surface area (Å²) < 4.78 is 1.17. The fourth-order valence-corrected chi connectivity index (χ4v) is 3.05. The minimum Gasteiger partial charge on any atom is -0.398 e. The summed E-state index contributed by atoms with van der Waals surface area (Å²) in [6.07, 6.45) is 0. The Morgan fingerprint density at radius 1 is 1.17 bits per heavy atom. The summed E-state index contributed by atoms with van der Waals surface area (Å²) in [6, 6.07) is 11.8. The highest BCUT2D eigenvalue weighted by Gasteiger charge is 2.09. The SMILES string of the molecule is Cc1ccc2sc(-c3ccc(Cl)cc3N)nc2c1. The van der Waals surface area contributed by atoms with Crippen LogP contribution in [0.15, 0.2) is 36.4 Å². The molecule has 2 aromatic carbocycles. The van der Waals surface area contributed by atoms with Gasteiger partial charge in [-0.05, 0) is 42.8 Å². The lowest BCUT2D eigenvalue weighted by Crippen LogP contribution is -1.89. The molecule has 1 aromatic heterocycles. The molecule has 0 fully saturated rings. The van der Waals surface area contributed by atoms with Crippen LogP contribution in [0.25, 0.3) is 20.8 Å². The maximum atomic E-state index is 5.99. The van der Waals surface area contributed by atoms with Gasteiger partial charge in [0.25, 0.3) is 0 Å². The van der Waals surface area contributed by atoms with Crippen LogP contribution in [0.2, 0.25) is 5.02 Å². The highest BCUT2D eigenvalue weighted by Crippen LogP contribution is 2.34. The molecule has 18 heavy (non-hydrogen) atoms. The average Bonchev–Trinajstić information content (AvgIpc) is 2.71. The van der Waals surface area contributed by atoms with Gasteiger partial charge in [-0.3, -0.25) is 0 Å². The lowest BCUT2D eigenvalue weighted by Gasteiger charge is -2.01. The molecule has 0 radical (unpaired) electrons. The van der Waals surface area contributed by atoms with E-state index in [9.17, 15) is 0 Å². The number of benzene rings is 2. The van der Waals surface area contributed by atoms with Crippen LogP contribution in [0.3, 0.4) is 0 Å². The van der Waals surface area contributed by atoms with Crippen LogP contribution >= 0.6 is 22.9 Å². The van der Waals surface area contributed by atoms with E-state index in [0.717, 1.165) is 16.1 Å². The van der Waals surface area contributed by atoms with Crippen molar-refractivity contribution in [1.82, 2.24) is 4.98 Å². The number of halogens is 1. The molecule has 0 aliphatic rings. The van der Waals surface area contributed by atoms with Gasteiger partial charge in [0.1, 0.15) is 5.01 Å². The molecule has 0 aliphatic carbocycles.